The predicted octanol–water partition coefficient (Wildman–Crippen LogP) is 4.75. The molecule has 1 aliphatic carbocycles. The van der Waals surface area contributed by atoms with Crippen molar-refractivity contribution >= 4 is 57.7 Å². The monoisotopic (exact) mass is 659 g/mol. The van der Waals surface area contributed by atoms with E-state index in [1.807, 2.05) is 27.7 Å². The van der Waals surface area contributed by atoms with Crippen molar-refractivity contribution in [2.75, 3.05) is 0 Å². The summed E-state index contributed by atoms with van der Waals surface area (Å²) in [5, 5.41) is 10.1. The zero-order valence-corrected chi connectivity index (χ0v) is 27.4. The first-order valence-corrected chi connectivity index (χ1v) is 16.0. The Kier molecular flexibility index (Phi) is 10.8. The number of primary amides is 1. The summed E-state index contributed by atoms with van der Waals surface area (Å²) in [6.45, 7) is 7.40. The van der Waals surface area contributed by atoms with E-state index in [0.29, 0.717) is 34.8 Å². The van der Waals surface area contributed by atoms with Crippen LogP contribution in [0.15, 0.2) is 36.4 Å². The fourth-order valence-corrected chi connectivity index (χ4v) is 6.43. The maximum atomic E-state index is 14.3. The maximum Gasteiger partial charge on any atom is 0.246 e. The van der Waals surface area contributed by atoms with Gasteiger partial charge in [0.2, 0.25) is 23.6 Å². The summed E-state index contributed by atoms with van der Waals surface area (Å²) < 4.78 is 14.3. The zero-order valence-electron chi connectivity index (χ0n) is 25.9. The van der Waals surface area contributed by atoms with Crippen LogP contribution in [0.5, 0.6) is 0 Å². The van der Waals surface area contributed by atoms with E-state index < -0.39 is 47.1 Å². The highest BCUT2D eigenvalue weighted by Gasteiger charge is 2.46. The third-order valence-electron chi connectivity index (χ3n) is 9.02. The van der Waals surface area contributed by atoms with Crippen LogP contribution < -0.4 is 21.7 Å². The van der Waals surface area contributed by atoms with Crippen molar-refractivity contribution in [2.45, 2.75) is 83.8 Å². The number of carbonyl (C=O) groups is 4. The minimum Gasteiger partial charge on any atom is -0.368 e. The Bertz CT molecular complexity index is 1610. The summed E-state index contributed by atoms with van der Waals surface area (Å²) in [5.74, 6) is -3.44. The van der Waals surface area contributed by atoms with Crippen LogP contribution in [0.2, 0.25) is 10.0 Å². The van der Waals surface area contributed by atoms with E-state index in [0.717, 1.165) is 16.6 Å². The molecule has 6 N–H and O–H groups in total. The van der Waals surface area contributed by atoms with Gasteiger partial charge in [0, 0.05) is 22.5 Å². The topological polar surface area (TPSA) is 146 Å². The van der Waals surface area contributed by atoms with Crippen molar-refractivity contribution in [3.8, 4) is 0 Å². The lowest BCUT2D eigenvalue weighted by molar-refractivity contribution is -0.138. The van der Waals surface area contributed by atoms with Crippen LogP contribution in [-0.4, -0.2) is 46.2 Å². The largest absolute Gasteiger partial charge is 0.368 e. The number of carbonyl (C=O) groups excluding carboxylic acids is 4. The normalized spacial score (nSPS) is 18.7. The van der Waals surface area contributed by atoms with Crippen molar-refractivity contribution in [2.24, 2.45) is 17.6 Å². The number of nitrogens with two attached hydrogens (primary N) is 1. The van der Waals surface area contributed by atoms with Crippen molar-refractivity contribution in [1.82, 2.24) is 20.9 Å². The van der Waals surface area contributed by atoms with Gasteiger partial charge in [-0.25, -0.2) is 4.39 Å². The second-order valence-corrected chi connectivity index (χ2v) is 12.9. The fraction of sp³-hybridized carbons (Fsp3) is 0.455. The van der Waals surface area contributed by atoms with Gasteiger partial charge in [0.15, 0.2) is 0 Å². The number of hydrogen-bond acceptors (Lipinski definition) is 4. The Hall–Kier alpha value is -3.63. The van der Waals surface area contributed by atoms with Gasteiger partial charge in [-0.3, -0.25) is 19.2 Å². The first-order chi connectivity index (χ1) is 21.3. The highest BCUT2D eigenvalue weighted by Crippen LogP contribution is 2.38. The second-order valence-electron chi connectivity index (χ2n) is 12.1. The van der Waals surface area contributed by atoms with Gasteiger partial charge in [-0.1, -0.05) is 81.9 Å². The summed E-state index contributed by atoms with van der Waals surface area (Å²) in [4.78, 5) is 57.1. The van der Waals surface area contributed by atoms with Gasteiger partial charge >= 0.3 is 0 Å². The van der Waals surface area contributed by atoms with Gasteiger partial charge < -0.3 is 26.7 Å². The molecule has 0 radical (unpaired) electrons. The van der Waals surface area contributed by atoms with Gasteiger partial charge in [-0.05, 0) is 54.0 Å². The molecular weight excluding hydrogens is 620 g/mol. The average molecular weight is 661 g/mol. The molecule has 45 heavy (non-hydrogen) atoms. The molecule has 12 heteroatoms. The molecule has 4 rings (SSSR count). The molecule has 3 aromatic rings. The SMILES string of the molecule is CCC(C)[C@H](NC(=O)Cc1ccccc1F)C(=O)N[C@]1(C(=O)NC(C(N)=O)[C@@H](C)CC)CCc2[nH]c3c(Cl)cc(Cl)cc3c2C1. The van der Waals surface area contributed by atoms with Gasteiger partial charge in [0.25, 0.3) is 0 Å². The number of benzene rings is 2. The third-order valence-corrected chi connectivity index (χ3v) is 9.54. The smallest absolute Gasteiger partial charge is 0.246 e. The summed E-state index contributed by atoms with van der Waals surface area (Å²) in [5.41, 5.74) is 6.68. The highest BCUT2D eigenvalue weighted by molar-refractivity contribution is 6.38. The predicted molar refractivity (Wildman–Crippen MR) is 173 cm³/mol. The van der Waals surface area contributed by atoms with Crippen LogP contribution in [0.1, 0.15) is 63.8 Å². The standard InChI is InChI=1S/C33H40Cl2FN5O4/c1-5-17(3)27(30(37)43)40-32(45)33(12-11-25-22(16-33)21-14-20(34)15-23(35)29(21)38-25)41-31(44)28(18(4)6-2)39-26(42)13-19-9-7-8-10-24(19)36/h7-10,14-15,17-18,27-28,38H,5-6,11-13,16H2,1-4H3,(H2,37,43)(H,39,42)(H,40,45)(H,41,44)/t17-,18?,27?,28-,33+/m0/s1. The van der Waals surface area contributed by atoms with Crippen LogP contribution in [0.3, 0.4) is 0 Å². The van der Waals surface area contributed by atoms with Gasteiger partial charge in [0.1, 0.15) is 23.4 Å². The Balaban J connectivity index is 1.70. The molecule has 0 bridgehead atoms. The van der Waals surface area contributed by atoms with Gasteiger partial charge in [-0.15, -0.1) is 0 Å². The summed E-state index contributed by atoms with van der Waals surface area (Å²) in [6.07, 6.45) is 1.51. The second kappa shape index (κ2) is 14.2. The minimum absolute atomic E-state index is 0.0684. The van der Waals surface area contributed by atoms with Crippen molar-refractivity contribution in [3.05, 3.63) is 69.1 Å². The molecule has 1 heterocycles. The van der Waals surface area contributed by atoms with E-state index in [1.165, 1.54) is 18.2 Å². The van der Waals surface area contributed by atoms with E-state index >= 15 is 0 Å². The Labute approximate surface area is 272 Å². The zero-order chi connectivity index (χ0) is 33.1. The van der Waals surface area contributed by atoms with Crippen LogP contribution >= 0.6 is 23.2 Å². The summed E-state index contributed by atoms with van der Waals surface area (Å²) >= 11 is 12.8. The van der Waals surface area contributed by atoms with Crippen LogP contribution in [0.4, 0.5) is 4.39 Å². The van der Waals surface area contributed by atoms with Crippen LogP contribution in [0.25, 0.3) is 10.9 Å². The van der Waals surface area contributed by atoms with E-state index in [2.05, 4.69) is 20.9 Å². The van der Waals surface area contributed by atoms with Crippen molar-refractivity contribution < 1.29 is 23.6 Å². The molecule has 0 saturated heterocycles. The molecule has 0 saturated carbocycles. The molecule has 0 aliphatic heterocycles. The summed E-state index contributed by atoms with van der Waals surface area (Å²) in [6, 6.07) is 7.34. The molecule has 2 unspecified atom stereocenters. The quantitative estimate of drug-likeness (QED) is 0.191. The molecule has 0 fully saturated rings. The summed E-state index contributed by atoms with van der Waals surface area (Å²) in [7, 11) is 0. The first kappa shape index (κ1) is 34.2. The molecular formula is C33H40Cl2FN5O4. The lowest BCUT2D eigenvalue weighted by Gasteiger charge is -2.39. The van der Waals surface area contributed by atoms with E-state index in [1.54, 1.807) is 18.2 Å². The number of halogens is 3. The lowest BCUT2D eigenvalue weighted by Crippen LogP contribution is -2.67. The fourth-order valence-electron chi connectivity index (χ4n) is 5.89. The molecule has 5 atom stereocenters. The highest BCUT2D eigenvalue weighted by atomic mass is 35.5. The molecule has 0 spiro atoms. The number of aryl methyl sites for hydroxylation is 1. The average Bonchev–Trinajstić information content (AvgIpc) is 3.36. The number of aromatic amines is 1. The molecule has 4 amide bonds. The van der Waals surface area contributed by atoms with E-state index in [4.69, 9.17) is 28.9 Å². The molecule has 2 aromatic carbocycles. The van der Waals surface area contributed by atoms with E-state index in [-0.39, 0.29) is 36.7 Å². The van der Waals surface area contributed by atoms with Crippen LogP contribution in [-0.2, 0) is 38.4 Å². The Morgan fingerprint density at radius 2 is 1.69 bits per heavy atom. The number of amides is 4. The number of nitrogens with one attached hydrogen (secondary N) is 4. The number of rotatable bonds is 12. The third kappa shape index (κ3) is 7.44. The molecule has 1 aliphatic rings. The van der Waals surface area contributed by atoms with Crippen molar-refractivity contribution in [3.63, 3.8) is 0 Å². The number of H-pyrrole nitrogens is 1. The number of fused-ring (bicyclic) bond motifs is 3. The molecule has 1 aromatic heterocycles. The van der Waals surface area contributed by atoms with Gasteiger partial charge in [0.05, 0.1) is 17.0 Å². The minimum atomic E-state index is -1.50. The number of hydrogen-bond donors (Lipinski definition) is 5. The van der Waals surface area contributed by atoms with E-state index in [9.17, 15) is 23.6 Å². The lowest BCUT2D eigenvalue weighted by atomic mass is 9.78. The maximum absolute atomic E-state index is 14.3. The van der Waals surface area contributed by atoms with Crippen molar-refractivity contribution in [1.29, 1.82) is 0 Å². The van der Waals surface area contributed by atoms with Gasteiger partial charge in [-0.2, -0.15) is 0 Å². The Morgan fingerprint density at radius 1 is 1.02 bits per heavy atom. The first-order valence-electron chi connectivity index (χ1n) is 15.2. The Morgan fingerprint density at radius 3 is 2.33 bits per heavy atom. The molecule has 242 valence electrons. The van der Waals surface area contributed by atoms with Crippen LogP contribution in [0, 0.1) is 17.7 Å². The number of aromatic nitrogens is 1. The molecule has 9 nitrogen and oxygen atoms in total.